The lowest BCUT2D eigenvalue weighted by atomic mass is 10.0. The second kappa shape index (κ2) is 12.7. The summed E-state index contributed by atoms with van der Waals surface area (Å²) < 4.78 is 0. The number of aromatic nitrogens is 2. The van der Waals surface area contributed by atoms with Gasteiger partial charge in [0.05, 0.1) is 23.1 Å². The lowest BCUT2D eigenvalue weighted by Gasteiger charge is -2.26. The summed E-state index contributed by atoms with van der Waals surface area (Å²) in [6.07, 6.45) is 3.39. The molecule has 2 aromatic carbocycles. The van der Waals surface area contributed by atoms with E-state index in [0.29, 0.717) is 24.7 Å². The van der Waals surface area contributed by atoms with E-state index in [2.05, 4.69) is 46.6 Å². The van der Waals surface area contributed by atoms with Crippen LogP contribution in [0, 0.1) is 5.92 Å². The fraction of sp³-hybridized carbons (Fsp3) is 0.467. The number of imidazole rings is 1. The van der Waals surface area contributed by atoms with Crippen molar-refractivity contribution >= 4 is 28.8 Å². The molecule has 1 aliphatic rings. The molecular formula is C30H39N5O3. The SMILES string of the molecule is CC(C)CCC(=O)N[C@@H](CCC(=O)N1CCC[C@@H]1c1ccccc1)C(=O)N[C@H](C)c1nc2ccccc2[nH]1. The number of fused-ring (bicyclic) bond motifs is 1. The molecule has 0 unspecified atom stereocenters. The van der Waals surface area contributed by atoms with Crippen LogP contribution in [-0.2, 0) is 14.4 Å². The number of aromatic amines is 1. The second-order valence-electron chi connectivity index (χ2n) is 10.6. The average Bonchev–Trinajstić information content (AvgIpc) is 3.58. The van der Waals surface area contributed by atoms with Gasteiger partial charge in [0.15, 0.2) is 0 Å². The molecule has 0 spiro atoms. The highest BCUT2D eigenvalue weighted by Crippen LogP contribution is 2.32. The summed E-state index contributed by atoms with van der Waals surface area (Å²) in [5.41, 5.74) is 2.85. The standard InChI is InChI=1S/C30H39N5O3/c1-20(2)15-17-27(36)32-25(30(38)31-21(3)29-33-23-12-7-8-13-24(23)34-29)16-18-28(37)35-19-9-14-26(35)22-10-5-4-6-11-22/h4-8,10-13,20-21,25-26H,9,14-19H2,1-3H3,(H,31,38)(H,32,36)(H,33,34)/t21-,25+,26-/m1/s1. The minimum absolute atomic E-state index is 0.0101. The van der Waals surface area contributed by atoms with Gasteiger partial charge in [0.25, 0.3) is 0 Å². The first-order valence-corrected chi connectivity index (χ1v) is 13.7. The second-order valence-corrected chi connectivity index (χ2v) is 10.6. The van der Waals surface area contributed by atoms with Gasteiger partial charge in [0.1, 0.15) is 11.9 Å². The predicted octanol–water partition coefficient (Wildman–Crippen LogP) is 4.81. The van der Waals surface area contributed by atoms with Crippen LogP contribution in [0.3, 0.4) is 0 Å². The van der Waals surface area contributed by atoms with E-state index in [0.717, 1.165) is 35.9 Å². The van der Waals surface area contributed by atoms with Gasteiger partial charge in [-0.3, -0.25) is 14.4 Å². The fourth-order valence-electron chi connectivity index (χ4n) is 5.01. The molecule has 1 aromatic heterocycles. The van der Waals surface area contributed by atoms with Gasteiger partial charge >= 0.3 is 0 Å². The molecule has 1 saturated heterocycles. The first-order chi connectivity index (χ1) is 18.3. The largest absolute Gasteiger partial charge is 0.345 e. The summed E-state index contributed by atoms with van der Waals surface area (Å²) in [4.78, 5) is 49.0. The topological polar surface area (TPSA) is 107 Å². The molecule has 1 fully saturated rings. The monoisotopic (exact) mass is 517 g/mol. The van der Waals surface area contributed by atoms with Crippen molar-refractivity contribution in [2.75, 3.05) is 6.54 Å². The molecule has 0 saturated carbocycles. The van der Waals surface area contributed by atoms with Crippen molar-refractivity contribution in [1.29, 1.82) is 0 Å². The average molecular weight is 518 g/mol. The number of para-hydroxylation sites is 2. The van der Waals surface area contributed by atoms with Gasteiger partial charge in [-0.25, -0.2) is 4.98 Å². The number of amides is 3. The number of rotatable bonds is 11. The summed E-state index contributed by atoms with van der Waals surface area (Å²) >= 11 is 0. The molecule has 202 valence electrons. The summed E-state index contributed by atoms with van der Waals surface area (Å²) in [5.74, 6) is 0.544. The Labute approximate surface area is 224 Å². The van der Waals surface area contributed by atoms with Crippen molar-refractivity contribution in [3.63, 3.8) is 0 Å². The fourth-order valence-corrected chi connectivity index (χ4v) is 5.01. The molecular weight excluding hydrogens is 478 g/mol. The highest BCUT2D eigenvalue weighted by Gasteiger charge is 2.31. The zero-order valence-corrected chi connectivity index (χ0v) is 22.6. The van der Waals surface area contributed by atoms with E-state index >= 15 is 0 Å². The predicted molar refractivity (Wildman–Crippen MR) is 148 cm³/mol. The molecule has 3 amide bonds. The molecule has 38 heavy (non-hydrogen) atoms. The van der Waals surface area contributed by atoms with Gasteiger partial charge in [-0.1, -0.05) is 56.3 Å². The van der Waals surface area contributed by atoms with Crippen molar-refractivity contribution < 1.29 is 14.4 Å². The Morgan fingerprint density at radius 1 is 0.974 bits per heavy atom. The van der Waals surface area contributed by atoms with Crippen molar-refractivity contribution in [2.45, 2.75) is 77.4 Å². The molecule has 3 N–H and O–H groups in total. The van der Waals surface area contributed by atoms with Crippen LogP contribution in [0.1, 0.15) is 82.8 Å². The zero-order valence-electron chi connectivity index (χ0n) is 22.6. The van der Waals surface area contributed by atoms with E-state index in [1.807, 2.05) is 54.3 Å². The molecule has 0 aliphatic carbocycles. The van der Waals surface area contributed by atoms with Crippen molar-refractivity contribution in [2.24, 2.45) is 5.92 Å². The summed E-state index contributed by atoms with van der Waals surface area (Å²) in [6, 6.07) is 16.6. The van der Waals surface area contributed by atoms with E-state index < -0.39 is 6.04 Å². The number of carbonyl (C=O) groups excluding carboxylic acids is 3. The van der Waals surface area contributed by atoms with Gasteiger partial charge in [-0.05, 0) is 56.2 Å². The Kier molecular flexibility index (Phi) is 9.15. The van der Waals surface area contributed by atoms with E-state index in [9.17, 15) is 14.4 Å². The maximum absolute atomic E-state index is 13.3. The van der Waals surface area contributed by atoms with Crippen molar-refractivity contribution in [3.05, 3.63) is 66.0 Å². The smallest absolute Gasteiger partial charge is 0.243 e. The molecule has 0 bridgehead atoms. The lowest BCUT2D eigenvalue weighted by molar-refractivity contribution is -0.134. The quantitative estimate of drug-likeness (QED) is 0.339. The minimum atomic E-state index is -0.803. The molecule has 3 atom stereocenters. The third-order valence-corrected chi connectivity index (χ3v) is 7.18. The van der Waals surface area contributed by atoms with Crippen LogP contribution in [-0.4, -0.2) is 45.2 Å². The number of H-pyrrole nitrogens is 1. The van der Waals surface area contributed by atoms with Gasteiger partial charge in [0.2, 0.25) is 17.7 Å². The first kappa shape index (κ1) is 27.4. The van der Waals surface area contributed by atoms with E-state index in [1.165, 1.54) is 0 Å². The number of hydrogen-bond donors (Lipinski definition) is 3. The minimum Gasteiger partial charge on any atom is -0.345 e. The Hall–Kier alpha value is -3.68. The summed E-state index contributed by atoms with van der Waals surface area (Å²) in [5, 5.41) is 5.88. The first-order valence-electron chi connectivity index (χ1n) is 13.7. The number of likely N-dealkylation sites (tertiary alicyclic amines) is 1. The van der Waals surface area contributed by atoms with Crippen LogP contribution in [0.25, 0.3) is 11.0 Å². The highest BCUT2D eigenvalue weighted by molar-refractivity contribution is 5.88. The van der Waals surface area contributed by atoms with E-state index in [1.54, 1.807) is 0 Å². The van der Waals surface area contributed by atoms with Crippen molar-refractivity contribution in [1.82, 2.24) is 25.5 Å². The Balaban J connectivity index is 1.41. The normalized spacial score (nSPS) is 16.9. The van der Waals surface area contributed by atoms with Crippen LogP contribution in [0.5, 0.6) is 0 Å². The third-order valence-electron chi connectivity index (χ3n) is 7.18. The maximum Gasteiger partial charge on any atom is 0.243 e. The van der Waals surface area contributed by atoms with Crippen LogP contribution >= 0.6 is 0 Å². The molecule has 4 rings (SSSR count). The summed E-state index contributed by atoms with van der Waals surface area (Å²) in [6.45, 7) is 6.68. The number of hydrogen-bond acceptors (Lipinski definition) is 4. The molecule has 3 aromatic rings. The highest BCUT2D eigenvalue weighted by atomic mass is 16.2. The maximum atomic E-state index is 13.3. The van der Waals surface area contributed by atoms with Crippen LogP contribution in [0.4, 0.5) is 0 Å². The Morgan fingerprint density at radius 2 is 1.71 bits per heavy atom. The summed E-state index contributed by atoms with van der Waals surface area (Å²) in [7, 11) is 0. The molecule has 0 radical (unpaired) electrons. The van der Waals surface area contributed by atoms with Crippen LogP contribution in [0.15, 0.2) is 54.6 Å². The molecule has 8 nitrogen and oxygen atoms in total. The third kappa shape index (κ3) is 7.00. The number of nitrogens with zero attached hydrogens (tertiary/aromatic N) is 2. The van der Waals surface area contributed by atoms with Gasteiger partial charge < -0.3 is 20.5 Å². The molecule has 1 aliphatic heterocycles. The van der Waals surface area contributed by atoms with Gasteiger partial charge in [0, 0.05) is 19.4 Å². The lowest BCUT2D eigenvalue weighted by Crippen LogP contribution is -2.48. The van der Waals surface area contributed by atoms with Crippen LogP contribution < -0.4 is 10.6 Å². The number of nitrogens with one attached hydrogen (secondary N) is 3. The Bertz CT molecular complexity index is 1210. The van der Waals surface area contributed by atoms with Gasteiger partial charge in [-0.15, -0.1) is 0 Å². The van der Waals surface area contributed by atoms with Gasteiger partial charge in [-0.2, -0.15) is 0 Å². The molecule has 2 heterocycles. The van der Waals surface area contributed by atoms with Crippen LogP contribution in [0.2, 0.25) is 0 Å². The van der Waals surface area contributed by atoms with E-state index in [-0.39, 0.29) is 42.6 Å². The molecule has 8 heteroatoms. The van der Waals surface area contributed by atoms with Crippen molar-refractivity contribution in [3.8, 4) is 0 Å². The van der Waals surface area contributed by atoms with E-state index in [4.69, 9.17) is 0 Å². The Morgan fingerprint density at radius 3 is 2.45 bits per heavy atom. The number of benzene rings is 2. The zero-order chi connectivity index (χ0) is 27.1. The number of carbonyl (C=O) groups is 3.